The van der Waals surface area contributed by atoms with E-state index < -0.39 is 5.41 Å². The lowest BCUT2D eigenvalue weighted by molar-refractivity contribution is 0.437. The highest BCUT2D eigenvalue weighted by Gasteiger charge is 2.51. The molecule has 0 atom stereocenters. The summed E-state index contributed by atoms with van der Waals surface area (Å²) < 4.78 is 9.52. The van der Waals surface area contributed by atoms with Gasteiger partial charge in [-0.3, -0.25) is 9.97 Å². The van der Waals surface area contributed by atoms with Crippen molar-refractivity contribution in [2.45, 2.75) is 5.41 Å². The van der Waals surface area contributed by atoms with E-state index in [-0.39, 0.29) is 0 Å². The molecule has 3 aromatic heterocycles. The molecule has 1 aliphatic carbocycles. The fraction of sp³-hybridized carbons (Fsp3) is 0.0167. The second-order valence-electron chi connectivity index (χ2n) is 16.9. The van der Waals surface area contributed by atoms with E-state index in [0.29, 0.717) is 5.56 Å². The minimum absolute atomic E-state index is 0.619. The summed E-state index contributed by atoms with van der Waals surface area (Å²) in [5.41, 5.74) is 18.9. The molecule has 2 aliphatic rings. The van der Waals surface area contributed by atoms with Crippen molar-refractivity contribution in [3.8, 4) is 78.9 Å². The predicted molar refractivity (Wildman–Crippen MR) is 260 cm³/mol. The van der Waals surface area contributed by atoms with Gasteiger partial charge in [-0.25, -0.2) is 0 Å². The number of benzene rings is 8. The average Bonchev–Trinajstić information content (AvgIpc) is 3.86. The van der Waals surface area contributed by atoms with Gasteiger partial charge in [-0.2, -0.15) is 5.26 Å². The maximum atomic E-state index is 9.94. The second kappa shape index (κ2) is 14.4. The third kappa shape index (κ3) is 5.58. The average molecular weight is 829 g/mol. The van der Waals surface area contributed by atoms with E-state index in [1.807, 2.05) is 55.1 Å². The highest BCUT2D eigenvalue weighted by molar-refractivity contribution is 6.11. The number of nitriles is 1. The first-order chi connectivity index (χ1) is 32.2. The first kappa shape index (κ1) is 36.8. The van der Waals surface area contributed by atoms with E-state index >= 15 is 0 Å². The maximum Gasteiger partial charge on any atom is 0.132 e. The Balaban J connectivity index is 1.02. The van der Waals surface area contributed by atoms with Crippen LogP contribution in [0, 0.1) is 11.3 Å². The van der Waals surface area contributed by atoms with Crippen LogP contribution in [0.3, 0.4) is 0 Å². The predicted octanol–water partition coefficient (Wildman–Crippen LogP) is 14.6. The van der Waals surface area contributed by atoms with Crippen molar-refractivity contribution in [1.82, 2.24) is 14.5 Å². The summed E-state index contributed by atoms with van der Waals surface area (Å²) in [4.78, 5) is 8.91. The molecule has 11 aromatic rings. The van der Waals surface area contributed by atoms with E-state index in [2.05, 4.69) is 184 Å². The number of nitrogens with zero attached hydrogens (tertiary/aromatic N) is 4. The first-order valence-electron chi connectivity index (χ1n) is 21.8. The van der Waals surface area contributed by atoms with Crippen molar-refractivity contribution in [3.05, 3.63) is 247 Å². The summed E-state index contributed by atoms with van der Waals surface area (Å²) in [7, 11) is 0. The van der Waals surface area contributed by atoms with Crippen LogP contribution < -0.4 is 4.74 Å². The number of hydrogen-bond acceptors (Lipinski definition) is 4. The van der Waals surface area contributed by atoms with Gasteiger partial charge in [0.15, 0.2) is 0 Å². The van der Waals surface area contributed by atoms with Crippen LogP contribution in [-0.2, 0) is 5.41 Å². The third-order valence-electron chi connectivity index (χ3n) is 13.4. The molecule has 1 spiro atoms. The van der Waals surface area contributed by atoms with E-state index in [4.69, 9.17) is 4.74 Å². The number of fused-ring (bicyclic) bond motifs is 12. The number of pyridine rings is 2. The maximum absolute atomic E-state index is 9.94. The fourth-order valence-corrected chi connectivity index (χ4v) is 10.6. The number of para-hydroxylation sites is 1. The van der Waals surface area contributed by atoms with Gasteiger partial charge in [0.25, 0.3) is 0 Å². The number of aromatic nitrogens is 3. The summed E-state index contributed by atoms with van der Waals surface area (Å²) in [5, 5.41) is 12.1. The SMILES string of the molecule is N#Cc1ccc2c(c1)c1cc(-c3ccc4c(c3)Oc3cc(-c5cc(-c6cccnc6)cc(-c6cccnc6)c5)ccc3C43c4ccccc4-c4ccccc43)ccc1n2-c1ccccc1. The summed E-state index contributed by atoms with van der Waals surface area (Å²) in [6, 6.07) is 71.5. The molecule has 0 saturated carbocycles. The lowest BCUT2D eigenvalue weighted by Crippen LogP contribution is -2.32. The van der Waals surface area contributed by atoms with Crippen molar-refractivity contribution in [1.29, 1.82) is 5.26 Å². The van der Waals surface area contributed by atoms with Gasteiger partial charge >= 0.3 is 0 Å². The van der Waals surface area contributed by atoms with Gasteiger partial charge in [-0.1, -0.05) is 109 Å². The Labute approximate surface area is 375 Å². The highest BCUT2D eigenvalue weighted by Crippen LogP contribution is 2.62. The van der Waals surface area contributed by atoms with Gasteiger partial charge in [-0.05, 0) is 141 Å². The Hall–Kier alpha value is -8.85. The largest absolute Gasteiger partial charge is 0.457 e. The lowest BCUT2D eigenvalue weighted by atomic mass is 9.65. The molecule has 4 heterocycles. The van der Waals surface area contributed by atoms with Crippen LogP contribution in [0.5, 0.6) is 11.5 Å². The van der Waals surface area contributed by atoms with Crippen molar-refractivity contribution in [2.24, 2.45) is 0 Å². The summed E-state index contributed by atoms with van der Waals surface area (Å²) in [5.74, 6) is 1.64. The zero-order valence-electron chi connectivity index (χ0n) is 35.0. The Morgan fingerprint density at radius 1 is 0.415 bits per heavy atom. The topological polar surface area (TPSA) is 63.7 Å². The van der Waals surface area contributed by atoms with Crippen LogP contribution in [0.1, 0.15) is 27.8 Å². The molecule has 0 fully saturated rings. The highest BCUT2D eigenvalue weighted by atomic mass is 16.5. The second-order valence-corrected chi connectivity index (χ2v) is 16.9. The number of hydrogen-bond donors (Lipinski definition) is 0. The van der Waals surface area contributed by atoms with E-state index in [1.54, 1.807) is 0 Å². The van der Waals surface area contributed by atoms with Gasteiger partial charge in [0, 0.05) is 63.5 Å². The normalized spacial score (nSPS) is 12.8. The summed E-state index contributed by atoms with van der Waals surface area (Å²) in [6.45, 7) is 0. The Morgan fingerprint density at radius 3 is 1.51 bits per heavy atom. The van der Waals surface area contributed by atoms with Crippen LogP contribution in [0.4, 0.5) is 0 Å². The number of ether oxygens (including phenoxy) is 1. The summed E-state index contributed by atoms with van der Waals surface area (Å²) in [6.07, 6.45) is 7.45. The van der Waals surface area contributed by atoms with Crippen molar-refractivity contribution in [2.75, 3.05) is 0 Å². The van der Waals surface area contributed by atoms with E-state index in [0.717, 1.165) is 94.6 Å². The minimum atomic E-state index is -0.619. The van der Waals surface area contributed by atoms with Gasteiger partial charge in [0.2, 0.25) is 0 Å². The Morgan fingerprint density at radius 2 is 0.923 bits per heavy atom. The quantitative estimate of drug-likeness (QED) is 0.173. The smallest absolute Gasteiger partial charge is 0.132 e. The molecule has 0 bridgehead atoms. The molecule has 13 rings (SSSR count). The lowest BCUT2D eigenvalue weighted by Gasteiger charge is -2.39. The van der Waals surface area contributed by atoms with Crippen LogP contribution in [-0.4, -0.2) is 14.5 Å². The molecule has 5 heteroatoms. The molecule has 0 radical (unpaired) electrons. The molecule has 5 nitrogen and oxygen atoms in total. The van der Waals surface area contributed by atoms with E-state index in [9.17, 15) is 5.26 Å². The van der Waals surface area contributed by atoms with Crippen molar-refractivity contribution < 1.29 is 4.74 Å². The molecule has 65 heavy (non-hydrogen) atoms. The molecule has 0 unspecified atom stereocenters. The monoisotopic (exact) mass is 828 g/mol. The van der Waals surface area contributed by atoms with Crippen LogP contribution in [0.15, 0.2) is 219 Å². The van der Waals surface area contributed by atoms with Gasteiger partial charge in [0.05, 0.1) is 28.1 Å². The molecule has 8 aromatic carbocycles. The third-order valence-corrected chi connectivity index (χ3v) is 13.4. The zero-order valence-corrected chi connectivity index (χ0v) is 35.0. The summed E-state index contributed by atoms with van der Waals surface area (Å²) >= 11 is 0. The van der Waals surface area contributed by atoms with E-state index in [1.165, 1.54) is 22.3 Å². The van der Waals surface area contributed by atoms with Gasteiger partial charge < -0.3 is 9.30 Å². The first-order valence-corrected chi connectivity index (χ1v) is 21.8. The van der Waals surface area contributed by atoms with Crippen LogP contribution in [0.25, 0.3) is 83.1 Å². The molecular formula is C60H36N4O. The standard InChI is InChI=1S/C60H36N4O/c61-35-38-18-24-56-50(28-38)51-32-39(21-25-57(51)64(56)47-12-2-1-3-13-47)40-19-22-54-58(33-40)65-59-34-41(20-23-55(59)60(54)52-16-6-4-14-48(52)49-15-5-7-17-53(49)60)44-29-45(42-10-8-26-62-36-42)31-46(30-44)43-11-9-27-63-37-43/h1-34,36-37H. The molecule has 0 amide bonds. The Bertz CT molecular complexity index is 3650. The minimum Gasteiger partial charge on any atom is -0.457 e. The van der Waals surface area contributed by atoms with Gasteiger partial charge in [0.1, 0.15) is 11.5 Å². The van der Waals surface area contributed by atoms with Crippen LogP contribution in [0.2, 0.25) is 0 Å². The van der Waals surface area contributed by atoms with Crippen LogP contribution >= 0.6 is 0 Å². The Kier molecular flexibility index (Phi) is 8.12. The van der Waals surface area contributed by atoms with Gasteiger partial charge in [-0.15, -0.1) is 0 Å². The number of rotatable bonds is 5. The zero-order chi connectivity index (χ0) is 43.1. The molecular weight excluding hydrogens is 793 g/mol. The molecule has 302 valence electrons. The van der Waals surface area contributed by atoms with Crippen molar-refractivity contribution >= 4 is 21.8 Å². The molecule has 0 saturated heterocycles. The van der Waals surface area contributed by atoms with Crippen molar-refractivity contribution in [3.63, 3.8) is 0 Å². The fourth-order valence-electron chi connectivity index (χ4n) is 10.6. The molecule has 0 N–H and O–H groups in total. The molecule has 1 aliphatic heterocycles.